The predicted octanol–water partition coefficient (Wildman–Crippen LogP) is 5.94. The number of benzene rings is 2. The van der Waals surface area contributed by atoms with Crippen molar-refractivity contribution >= 4 is 5.97 Å². The number of nitrogens with zero attached hydrogens (tertiary/aromatic N) is 2. The Morgan fingerprint density at radius 1 is 1.08 bits per heavy atom. The van der Waals surface area contributed by atoms with Crippen LogP contribution in [-0.4, -0.2) is 34.4 Å². The second-order valence-corrected chi connectivity index (χ2v) is 10.1. The number of ether oxygens (including phenoxy) is 2. The molecule has 1 aromatic heterocycles. The van der Waals surface area contributed by atoms with E-state index in [2.05, 4.69) is 34.1 Å². The van der Waals surface area contributed by atoms with Crippen molar-refractivity contribution in [2.75, 3.05) is 7.11 Å². The van der Waals surface area contributed by atoms with Crippen LogP contribution in [0.2, 0.25) is 0 Å². The molecule has 0 atom stereocenters. The lowest BCUT2D eigenvalue weighted by molar-refractivity contribution is -0.143. The molecule has 2 saturated carbocycles. The van der Waals surface area contributed by atoms with E-state index in [9.17, 15) is 9.90 Å². The quantitative estimate of drug-likeness (QED) is 0.419. The molecule has 7 heteroatoms. The van der Waals surface area contributed by atoms with Gasteiger partial charge in [-0.05, 0) is 81.2 Å². The monoisotopic (exact) mass is 500 g/mol. The molecule has 3 aromatic rings. The Hall–Kier alpha value is -3.79. The lowest BCUT2D eigenvalue weighted by Gasteiger charge is -2.36. The maximum atomic E-state index is 11.7. The SMILES string of the molecule is COc1ccc([C@]2(C#Cc3cccc(-c4noc(C)n4)c3)CC[C@@H](C(=O)O)CC2)cc1OC1CCCC1. The van der Waals surface area contributed by atoms with Gasteiger partial charge in [0.1, 0.15) is 0 Å². The molecule has 0 amide bonds. The van der Waals surface area contributed by atoms with Crippen molar-refractivity contribution in [3.8, 4) is 34.7 Å². The molecule has 0 bridgehead atoms. The van der Waals surface area contributed by atoms with Crippen molar-refractivity contribution in [1.82, 2.24) is 10.1 Å². The Balaban J connectivity index is 1.50. The van der Waals surface area contributed by atoms with Crippen LogP contribution >= 0.6 is 0 Å². The molecule has 2 aliphatic carbocycles. The molecule has 1 N–H and O–H groups in total. The standard InChI is InChI=1S/C30H32N2O5/c1-20-31-28(32-37-20)23-7-5-6-21(18-23)12-15-30(16-13-22(14-17-30)29(33)34)24-10-11-26(35-2)27(19-24)36-25-8-3-4-9-25/h5-7,10-11,18-19,22,25H,3-4,8-9,13-14,16-17H2,1-2H3,(H,33,34)/t22-,30-. The highest BCUT2D eigenvalue weighted by Crippen LogP contribution is 2.44. The molecule has 37 heavy (non-hydrogen) atoms. The Bertz CT molecular complexity index is 1320. The number of aliphatic carboxylic acids is 1. The van der Waals surface area contributed by atoms with Crippen molar-refractivity contribution in [3.63, 3.8) is 0 Å². The van der Waals surface area contributed by atoms with Crippen LogP contribution in [-0.2, 0) is 10.2 Å². The smallest absolute Gasteiger partial charge is 0.306 e. The summed E-state index contributed by atoms with van der Waals surface area (Å²) in [7, 11) is 1.66. The summed E-state index contributed by atoms with van der Waals surface area (Å²) in [5.41, 5.74) is 2.24. The molecule has 192 valence electrons. The zero-order chi connectivity index (χ0) is 25.8. The fourth-order valence-electron chi connectivity index (χ4n) is 5.44. The predicted molar refractivity (Wildman–Crippen MR) is 138 cm³/mol. The molecule has 0 radical (unpaired) electrons. The number of aryl methyl sites for hydroxylation is 1. The summed E-state index contributed by atoms with van der Waals surface area (Å²) >= 11 is 0. The van der Waals surface area contributed by atoms with Gasteiger partial charge in [0.15, 0.2) is 11.5 Å². The number of hydrogen-bond donors (Lipinski definition) is 1. The summed E-state index contributed by atoms with van der Waals surface area (Å²) in [4.78, 5) is 16.0. The van der Waals surface area contributed by atoms with Crippen molar-refractivity contribution in [2.24, 2.45) is 5.92 Å². The highest BCUT2D eigenvalue weighted by molar-refractivity contribution is 5.70. The minimum absolute atomic E-state index is 0.199. The van der Waals surface area contributed by atoms with Crippen LogP contribution in [0.15, 0.2) is 47.0 Å². The zero-order valence-electron chi connectivity index (χ0n) is 21.3. The van der Waals surface area contributed by atoms with E-state index < -0.39 is 11.4 Å². The second-order valence-electron chi connectivity index (χ2n) is 10.1. The van der Waals surface area contributed by atoms with E-state index in [0.717, 1.165) is 35.3 Å². The molecular weight excluding hydrogens is 468 g/mol. The number of rotatable bonds is 6. The summed E-state index contributed by atoms with van der Waals surface area (Å²) in [5, 5.41) is 13.6. The first-order valence-electron chi connectivity index (χ1n) is 13.0. The maximum absolute atomic E-state index is 11.7. The van der Waals surface area contributed by atoms with E-state index in [1.54, 1.807) is 14.0 Å². The summed E-state index contributed by atoms with van der Waals surface area (Å²) in [6.45, 7) is 1.76. The number of carboxylic acids is 1. The lowest BCUT2D eigenvalue weighted by Crippen LogP contribution is -2.33. The van der Waals surface area contributed by atoms with Crippen LogP contribution in [0.1, 0.15) is 68.4 Å². The fraction of sp³-hybridized carbons (Fsp3) is 0.433. The van der Waals surface area contributed by atoms with E-state index in [1.807, 2.05) is 30.3 Å². The molecule has 2 aromatic carbocycles. The molecule has 0 unspecified atom stereocenters. The van der Waals surface area contributed by atoms with Gasteiger partial charge in [-0.1, -0.05) is 35.2 Å². The number of aromatic nitrogens is 2. The highest BCUT2D eigenvalue weighted by atomic mass is 16.5. The number of methoxy groups -OCH3 is 1. The van der Waals surface area contributed by atoms with Crippen molar-refractivity contribution < 1.29 is 23.9 Å². The third-order valence-corrected chi connectivity index (χ3v) is 7.59. The average Bonchev–Trinajstić information content (AvgIpc) is 3.59. The largest absolute Gasteiger partial charge is 0.493 e. The van der Waals surface area contributed by atoms with Gasteiger partial charge in [0.25, 0.3) is 0 Å². The summed E-state index contributed by atoms with van der Waals surface area (Å²) < 4.78 is 17.1. The third-order valence-electron chi connectivity index (χ3n) is 7.59. The Labute approximate surface area is 217 Å². The first kappa shape index (κ1) is 24.9. The maximum Gasteiger partial charge on any atom is 0.306 e. The molecular formula is C30H32N2O5. The van der Waals surface area contributed by atoms with Crippen LogP contribution in [0.25, 0.3) is 11.4 Å². The summed E-state index contributed by atoms with van der Waals surface area (Å²) in [6.07, 6.45) is 7.15. The van der Waals surface area contributed by atoms with Gasteiger partial charge in [-0.25, -0.2) is 0 Å². The molecule has 0 aliphatic heterocycles. The normalized spacial score (nSPS) is 21.7. The topological polar surface area (TPSA) is 94.7 Å². The van der Waals surface area contributed by atoms with E-state index in [0.29, 0.717) is 43.1 Å². The van der Waals surface area contributed by atoms with E-state index in [-0.39, 0.29) is 12.0 Å². The van der Waals surface area contributed by atoms with Gasteiger partial charge in [-0.3, -0.25) is 4.79 Å². The van der Waals surface area contributed by atoms with Crippen molar-refractivity contribution in [2.45, 2.75) is 69.8 Å². The van der Waals surface area contributed by atoms with Gasteiger partial charge < -0.3 is 19.1 Å². The van der Waals surface area contributed by atoms with Gasteiger partial charge in [0.05, 0.1) is 24.5 Å². The van der Waals surface area contributed by atoms with Gasteiger partial charge in [0, 0.05) is 18.1 Å². The Morgan fingerprint density at radius 3 is 2.54 bits per heavy atom. The van der Waals surface area contributed by atoms with Gasteiger partial charge >= 0.3 is 5.97 Å². The van der Waals surface area contributed by atoms with Crippen LogP contribution in [0.4, 0.5) is 0 Å². The van der Waals surface area contributed by atoms with E-state index in [4.69, 9.17) is 14.0 Å². The molecule has 2 aliphatic rings. The van der Waals surface area contributed by atoms with E-state index in [1.165, 1.54) is 12.8 Å². The lowest BCUT2D eigenvalue weighted by atomic mass is 9.67. The number of carbonyl (C=O) groups is 1. The van der Waals surface area contributed by atoms with Gasteiger partial charge in [-0.15, -0.1) is 0 Å². The highest BCUT2D eigenvalue weighted by Gasteiger charge is 2.38. The number of carboxylic acid groups (broad SMARTS) is 1. The molecule has 5 rings (SSSR count). The van der Waals surface area contributed by atoms with Crippen molar-refractivity contribution in [1.29, 1.82) is 0 Å². The van der Waals surface area contributed by atoms with Crippen LogP contribution in [0.3, 0.4) is 0 Å². The Morgan fingerprint density at radius 2 is 1.86 bits per heavy atom. The first-order chi connectivity index (χ1) is 18.0. The Kier molecular flexibility index (Phi) is 7.18. The van der Waals surface area contributed by atoms with Crippen molar-refractivity contribution in [3.05, 3.63) is 59.5 Å². The third kappa shape index (κ3) is 5.48. The van der Waals surface area contributed by atoms with E-state index >= 15 is 0 Å². The van der Waals surface area contributed by atoms with Crippen LogP contribution in [0.5, 0.6) is 11.5 Å². The first-order valence-corrected chi connectivity index (χ1v) is 13.0. The molecule has 2 fully saturated rings. The van der Waals surface area contributed by atoms with Crippen LogP contribution < -0.4 is 9.47 Å². The average molecular weight is 501 g/mol. The van der Waals surface area contributed by atoms with Gasteiger partial charge in [0.2, 0.25) is 11.7 Å². The van der Waals surface area contributed by atoms with Gasteiger partial charge in [-0.2, -0.15) is 4.98 Å². The second kappa shape index (κ2) is 10.7. The number of hydrogen-bond acceptors (Lipinski definition) is 6. The molecule has 1 heterocycles. The minimum atomic E-state index is -0.732. The molecule has 7 nitrogen and oxygen atoms in total. The van der Waals surface area contributed by atoms with Crippen LogP contribution in [0, 0.1) is 24.7 Å². The summed E-state index contributed by atoms with van der Waals surface area (Å²) in [5.74, 6) is 8.36. The molecule has 0 saturated heterocycles. The fourth-order valence-corrected chi connectivity index (χ4v) is 5.44. The minimum Gasteiger partial charge on any atom is -0.493 e. The molecule has 0 spiro atoms. The zero-order valence-corrected chi connectivity index (χ0v) is 21.3. The summed E-state index contributed by atoms with van der Waals surface area (Å²) in [6, 6.07) is 13.8.